The van der Waals surface area contributed by atoms with Crippen molar-refractivity contribution in [1.82, 2.24) is 9.19 Å². The van der Waals surface area contributed by atoms with E-state index in [1.165, 1.54) is 6.20 Å². The first-order chi connectivity index (χ1) is 10.4. The molecule has 0 aliphatic carbocycles. The molecule has 1 aromatic carbocycles. The number of aliphatic hydroxyl groups excluding tert-OH is 1. The fourth-order valence-corrected chi connectivity index (χ4v) is 3.80. The highest BCUT2D eigenvalue weighted by molar-refractivity contribution is 7.89. The predicted molar refractivity (Wildman–Crippen MR) is 85.0 cm³/mol. The molecule has 0 aliphatic rings. The van der Waals surface area contributed by atoms with Crippen molar-refractivity contribution < 1.29 is 13.5 Å². The van der Waals surface area contributed by atoms with Crippen LogP contribution in [0.1, 0.15) is 44.1 Å². The van der Waals surface area contributed by atoms with Crippen LogP contribution < -0.4 is 0 Å². The maximum absolute atomic E-state index is 12.7. The number of aliphatic hydroxyl groups is 1. The van der Waals surface area contributed by atoms with E-state index in [1.54, 1.807) is 30.3 Å². The van der Waals surface area contributed by atoms with Gasteiger partial charge in [0.25, 0.3) is 10.0 Å². The lowest BCUT2D eigenvalue weighted by Crippen LogP contribution is -2.22. The average molecular weight is 322 g/mol. The van der Waals surface area contributed by atoms with Crippen molar-refractivity contribution >= 4 is 10.0 Å². The number of nitrogens with zero attached hydrogens (tertiary/aromatic N) is 2. The number of aryl methyl sites for hydroxylation is 1. The molecule has 1 unspecified atom stereocenters. The molecule has 0 saturated carbocycles. The van der Waals surface area contributed by atoms with Crippen molar-refractivity contribution in [3.05, 3.63) is 47.8 Å². The molecule has 0 spiro atoms. The second-order valence-corrected chi connectivity index (χ2v) is 7.21. The number of aromatic nitrogens is 2. The van der Waals surface area contributed by atoms with Crippen LogP contribution in [0.15, 0.2) is 41.4 Å². The van der Waals surface area contributed by atoms with E-state index in [0.717, 1.165) is 22.5 Å². The number of benzene rings is 1. The first-order valence-electron chi connectivity index (χ1n) is 7.46. The summed E-state index contributed by atoms with van der Waals surface area (Å²) in [6, 6.07) is 8.16. The summed E-state index contributed by atoms with van der Waals surface area (Å²) in [5.74, 6) is 0.00340. The highest BCUT2D eigenvalue weighted by Gasteiger charge is 2.27. The summed E-state index contributed by atoms with van der Waals surface area (Å²) in [6.07, 6.45) is 2.10. The molecule has 5 nitrogen and oxygen atoms in total. The maximum atomic E-state index is 12.7. The van der Waals surface area contributed by atoms with Gasteiger partial charge in [0.1, 0.15) is 0 Å². The molecule has 0 bridgehead atoms. The Morgan fingerprint density at radius 1 is 1.14 bits per heavy atom. The van der Waals surface area contributed by atoms with Gasteiger partial charge in [0.15, 0.2) is 0 Å². The molecule has 1 atom stereocenters. The summed E-state index contributed by atoms with van der Waals surface area (Å²) in [6.45, 7) is 5.85. The molecule has 0 fully saturated rings. The average Bonchev–Trinajstić information content (AvgIpc) is 2.99. The Morgan fingerprint density at radius 2 is 1.73 bits per heavy atom. The van der Waals surface area contributed by atoms with Gasteiger partial charge in [0.05, 0.1) is 22.9 Å². The molecule has 1 heterocycles. The predicted octanol–water partition coefficient (Wildman–Crippen LogP) is 2.90. The van der Waals surface area contributed by atoms with Crippen molar-refractivity contribution in [2.75, 3.05) is 0 Å². The van der Waals surface area contributed by atoms with E-state index in [2.05, 4.69) is 5.10 Å². The minimum absolute atomic E-state index is 0.00340. The van der Waals surface area contributed by atoms with Crippen molar-refractivity contribution in [1.29, 1.82) is 0 Å². The van der Waals surface area contributed by atoms with Gasteiger partial charge in [-0.05, 0) is 31.0 Å². The van der Waals surface area contributed by atoms with Crippen LogP contribution in [0.2, 0.25) is 0 Å². The first-order valence-corrected chi connectivity index (χ1v) is 8.90. The van der Waals surface area contributed by atoms with E-state index in [-0.39, 0.29) is 10.8 Å². The minimum atomic E-state index is -3.79. The zero-order valence-electron chi connectivity index (χ0n) is 13.1. The molecular weight excluding hydrogens is 300 g/mol. The third kappa shape index (κ3) is 3.08. The fourth-order valence-electron chi connectivity index (χ4n) is 2.50. The Morgan fingerprint density at radius 3 is 2.27 bits per heavy atom. The van der Waals surface area contributed by atoms with Crippen LogP contribution in [0.3, 0.4) is 0 Å². The summed E-state index contributed by atoms with van der Waals surface area (Å²) in [4.78, 5) is 0.166. The van der Waals surface area contributed by atoms with E-state index < -0.39 is 16.1 Å². The Labute approximate surface area is 131 Å². The molecule has 0 saturated heterocycles. The van der Waals surface area contributed by atoms with Gasteiger partial charge in [-0.3, -0.25) is 0 Å². The third-order valence-corrected chi connectivity index (χ3v) is 5.61. The maximum Gasteiger partial charge on any atom is 0.283 e. The highest BCUT2D eigenvalue weighted by atomic mass is 32.2. The summed E-state index contributed by atoms with van der Waals surface area (Å²) in [7, 11) is -3.79. The highest BCUT2D eigenvalue weighted by Crippen LogP contribution is 2.28. The normalized spacial score (nSPS) is 13.5. The van der Waals surface area contributed by atoms with Gasteiger partial charge < -0.3 is 5.11 Å². The Bertz CT molecular complexity index is 716. The van der Waals surface area contributed by atoms with Crippen LogP contribution in [-0.2, 0) is 10.0 Å². The van der Waals surface area contributed by atoms with Gasteiger partial charge in [0.2, 0.25) is 0 Å². The molecule has 2 rings (SSSR count). The molecule has 22 heavy (non-hydrogen) atoms. The minimum Gasteiger partial charge on any atom is -0.386 e. The quantitative estimate of drug-likeness (QED) is 0.887. The topological polar surface area (TPSA) is 72.2 Å². The molecule has 1 N–H and O–H groups in total. The SMILES string of the molecule is CCC(CC)C(O)c1ccnn1S(=O)(=O)c1ccc(C)cc1. The van der Waals surface area contributed by atoms with E-state index in [0.29, 0.717) is 5.69 Å². The molecule has 1 aromatic heterocycles. The molecule has 6 heteroatoms. The Hall–Kier alpha value is -1.66. The zero-order valence-corrected chi connectivity index (χ0v) is 13.9. The van der Waals surface area contributed by atoms with Crippen molar-refractivity contribution in [2.45, 2.75) is 44.6 Å². The molecule has 2 aromatic rings. The molecule has 0 amide bonds. The van der Waals surface area contributed by atoms with Gasteiger partial charge in [-0.2, -0.15) is 17.6 Å². The van der Waals surface area contributed by atoms with Crippen molar-refractivity contribution in [2.24, 2.45) is 5.92 Å². The monoisotopic (exact) mass is 322 g/mol. The molecule has 0 aliphatic heterocycles. The van der Waals surface area contributed by atoms with Crippen LogP contribution >= 0.6 is 0 Å². The lowest BCUT2D eigenvalue weighted by molar-refractivity contribution is 0.0977. The number of rotatable bonds is 6. The summed E-state index contributed by atoms with van der Waals surface area (Å²) < 4.78 is 26.4. The second-order valence-electron chi connectivity index (χ2n) is 5.44. The van der Waals surface area contributed by atoms with Crippen LogP contribution in [0.25, 0.3) is 0 Å². The zero-order chi connectivity index (χ0) is 16.3. The molecule has 0 radical (unpaired) electrons. The van der Waals surface area contributed by atoms with E-state index in [4.69, 9.17) is 0 Å². The number of hydrogen-bond donors (Lipinski definition) is 1. The van der Waals surface area contributed by atoms with Crippen LogP contribution in [0.4, 0.5) is 0 Å². The van der Waals surface area contributed by atoms with Gasteiger partial charge in [-0.15, -0.1) is 0 Å². The first kappa shape index (κ1) is 16.7. The lowest BCUT2D eigenvalue weighted by Gasteiger charge is -2.21. The lowest BCUT2D eigenvalue weighted by atomic mass is 9.94. The van der Waals surface area contributed by atoms with E-state index in [1.807, 2.05) is 20.8 Å². The van der Waals surface area contributed by atoms with Crippen LogP contribution in [0, 0.1) is 12.8 Å². The van der Waals surface area contributed by atoms with Gasteiger partial charge in [-0.1, -0.05) is 44.4 Å². The van der Waals surface area contributed by atoms with E-state index >= 15 is 0 Å². The third-order valence-electron chi connectivity index (χ3n) is 3.98. The Balaban J connectivity index is 2.46. The van der Waals surface area contributed by atoms with E-state index in [9.17, 15) is 13.5 Å². The van der Waals surface area contributed by atoms with Gasteiger partial charge >= 0.3 is 0 Å². The molecule has 120 valence electrons. The smallest absolute Gasteiger partial charge is 0.283 e. The fraction of sp³-hybridized carbons (Fsp3) is 0.438. The standard InChI is InChI=1S/C16H22N2O3S/c1-4-13(5-2)16(19)15-10-11-17-18(15)22(20,21)14-8-6-12(3)7-9-14/h6-11,13,16,19H,4-5H2,1-3H3. The van der Waals surface area contributed by atoms with Crippen LogP contribution in [-0.4, -0.2) is 22.7 Å². The summed E-state index contributed by atoms with van der Waals surface area (Å²) in [5.41, 5.74) is 1.30. The largest absolute Gasteiger partial charge is 0.386 e. The van der Waals surface area contributed by atoms with Gasteiger partial charge in [0, 0.05) is 0 Å². The second kappa shape index (κ2) is 6.62. The number of hydrogen-bond acceptors (Lipinski definition) is 4. The summed E-state index contributed by atoms with van der Waals surface area (Å²) >= 11 is 0. The summed E-state index contributed by atoms with van der Waals surface area (Å²) in [5, 5.41) is 14.4. The Kier molecular flexibility index (Phi) is 5.03. The molecular formula is C16H22N2O3S. The van der Waals surface area contributed by atoms with Crippen molar-refractivity contribution in [3.63, 3.8) is 0 Å². The van der Waals surface area contributed by atoms with Crippen LogP contribution in [0.5, 0.6) is 0 Å². The van der Waals surface area contributed by atoms with Gasteiger partial charge in [-0.25, -0.2) is 0 Å². The van der Waals surface area contributed by atoms with Crippen molar-refractivity contribution in [3.8, 4) is 0 Å².